The number of amides is 1. The fraction of sp³-hybridized carbons (Fsp3) is 0.800. The largest absolute Gasteiger partial charge is 0.409 e. The van der Waals surface area contributed by atoms with Gasteiger partial charge in [-0.3, -0.25) is 4.79 Å². The summed E-state index contributed by atoms with van der Waals surface area (Å²) in [6.07, 6.45) is 3.50. The third-order valence-electron chi connectivity index (χ3n) is 2.53. The molecule has 0 radical (unpaired) electrons. The van der Waals surface area contributed by atoms with Crippen molar-refractivity contribution in [3.63, 3.8) is 0 Å². The number of rotatable bonds is 7. The van der Waals surface area contributed by atoms with Gasteiger partial charge >= 0.3 is 0 Å². The standard InChI is InChI=1S/C10H20N4O2/c1-7(10(11)14-16)12-6-2-3-9(15)13-8-4-5-8/h7-8,12,16H,2-6H2,1H3,(H2,11,14)(H,13,15). The summed E-state index contributed by atoms with van der Waals surface area (Å²) in [5.41, 5.74) is 5.39. The number of nitrogens with zero attached hydrogens (tertiary/aromatic N) is 1. The van der Waals surface area contributed by atoms with Crippen molar-refractivity contribution in [2.75, 3.05) is 6.54 Å². The highest BCUT2D eigenvalue weighted by atomic mass is 16.4. The molecule has 1 unspecified atom stereocenters. The van der Waals surface area contributed by atoms with Gasteiger partial charge in [0.1, 0.15) is 0 Å². The average molecular weight is 228 g/mol. The maximum atomic E-state index is 11.3. The number of carbonyl (C=O) groups excluding carboxylic acids is 1. The van der Waals surface area contributed by atoms with Crippen LogP contribution in [0.1, 0.15) is 32.6 Å². The van der Waals surface area contributed by atoms with Crippen molar-refractivity contribution in [3.05, 3.63) is 0 Å². The summed E-state index contributed by atoms with van der Waals surface area (Å²) < 4.78 is 0. The van der Waals surface area contributed by atoms with Gasteiger partial charge in [0.2, 0.25) is 5.91 Å². The number of hydrogen-bond acceptors (Lipinski definition) is 4. The number of oxime groups is 1. The highest BCUT2D eigenvalue weighted by molar-refractivity contribution is 5.84. The van der Waals surface area contributed by atoms with Gasteiger partial charge in [0.05, 0.1) is 6.04 Å². The minimum Gasteiger partial charge on any atom is -0.409 e. The number of hydrogen-bond donors (Lipinski definition) is 4. The first-order valence-electron chi connectivity index (χ1n) is 5.63. The van der Waals surface area contributed by atoms with Gasteiger partial charge in [0.15, 0.2) is 5.84 Å². The van der Waals surface area contributed by atoms with Crippen LogP contribution in [0, 0.1) is 0 Å². The fourth-order valence-corrected chi connectivity index (χ4v) is 1.29. The molecule has 0 heterocycles. The van der Waals surface area contributed by atoms with Crippen LogP contribution in [-0.4, -0.2) is 35.6 Å². The summed E-state index contributed by atoms with van der Waals surface area (Å²) in [5.74, 6) is 0.267. The molecule has 5 N–H and O–H groups in total. The van der Waals surface area contributed by atoms with E-state index in [1.165, 1.54) is 0 Å². The van der Waals surface area contributed by atoms with Crippen LogP contribution >= 0.6 is 0 Å². The molecule has 1 saturated carbocycles. The Morgan fingerprint density at radius 2 is 2.31 bits per heavy atom. The highest BCUT2D eigenvalue weighted by Gasteiger charge is 2.22. The summed E-state index contributed by atoms with van der Waals surface area (Å²) in [6, 6.07) is 0.257. The maximum absolute atomic E-state index is 11.3. The molecule has 0 aromatic heterocycles. The zero-order valence-corrected chi connectivity index (χ0v) is 9.57. The van der Waals surface area contributed by atoms with E-state index in [9.17, 15) is 4.79 Å². The lowest BCUT2D eigenvalue weighted by molar-refractivity contribution is -0.121. The Hall–Kier alpha value is -1.30. The van der Waals surface area contributed by atoms with E-state index in [0.29, 0.717) is 19.0 Å². The second-order valence-corrected chi connectivity index (χ2v) is 4.15. The first-order chi connectivity index (χ1) is 7.63. The van der Waals surface area contributed by atoms with Crippen molar-refractivity contribution in [3.8, 4) is 0 Å². The van der Waals surface area contributed by atoms with E-state index in [2.05, 4.69) is 15.8 Å². The molecule has 1 aliphatic carbocycles. The van der Waals surface area contributed by atoms with Crippen LogP contribution in [0.5, 0.6) is 0 Å². The van der Waals surface area contributed by atoms with Crippen LogP contribution in [0.15, 0.2) is 5.16 Å². The fourth-order valence-electron chi connectivity index (χ4n) is 1.29. The van der Waals surface area contributed by atoms with Gasteiger partial charge < -0.3 is 21.6 Å². The van der Waals surface area contributed by atoms with Crippen molar-refractivity contribution in [2.24, 2.45) is 10.9 Å². The zero-order chi connectivity index (χ0) is 12.0. The zero-order valence-electron chi connectivity index (χ0n) is 9.57. The van der Waals surface area contributed by atoms with Crippen LogP contribution in [0.4, 0.5) is 0 Å². The smallest absolute Gasteiger partial charge is 0.220 e. The molecule has 0 aromatic carbocycles. The topological polar surface area (TPSA) is 99.7 Å². The Balaban J connectivity index is 2.00. The molecule has 1 rings (SSSR count). The van der Waals surface area contributed by atoms with Crippen molar-refractivity contribution in [1.29, 1.82) is 0 Å². The lowest BCUT2D eigenvalue weighted by Gasteiger charge is -2.11. The summed E-state index contributed by atoms with van der Waals surface area (Å²) in [4.78, 5) is 11.3. The average Bonchev–Trinajstić information content (AvgIpc) is 3.06. The lowest BCUT2D eigenvalue weighted by Crippen LogP contribution is -2.39. The molecular weight excluding hydrogens is 208 g/mol. The second kappa shape index (κ2) is 6.32. The van der Waals surface area contributed by atoms with Crippen molar-refractivity contribution >= 4 is 11.7 Å². The summed E-state index contributed by atoms with van der Waals surface area (Å²) in [7, 11) is 0. The number of carbonyl (C=O) groups is 1. The Bertz CT molecular complexity index is 264. The normalized spacial score (nSPS) is 18.2. The van der Waals surface area contributed by atoms with E-state index in [4.69, 9.17) is 10.9 Å². The molecule has 0 saturated heterocycles. The minimum absolute atomic E-state index is 0.112. The van der Waals surface area contributed by atoms with Gasteiger partial charge in [0, 0.05) is 12.5 Å². The molecule has 1 aliphatic rings. The summed E-state index contributed by atoms with van der Waals surface area (Å²) in [5, 5.41) is 17.3. The van der Waals surface area contributed by atoms with Gasteiger partial charge in [-0.15, -0.1) is 0 Å². The lowest BCUT2D eigenvalue weighted by atomic mass is 10.2. The van der Waals surface area contributed by atoms with E-state index < -0.39 is 0 Å². The van der Waals surface area contributed by atoms with E-state index in [0.717, 1.165) is 19.3 Å². The Morgan fingerprint density at radius 1 is 1.62 bits per heavy atom. The van der Waals surface area contributed by atoms with Gasteiger partial charge in [-0.1, -0.05) is 5.16 Å². The molecule has 0 spiro atoms. The van der Waals surface area contributed by atoms with Crippen LogP contribution in [0.2, 0.25) is 0 Å². The Labute approximate surface area is 95.3 Å². The molecule has 0 aliphatic heterocycles. The van der Waals surface area contributed by atoms with E-state index >= 15 is 0 Å². The number of nitrogens with one attached hydrogen (secondary N) is 2. The van der Waals surface area contributed by atoms with Crippen molar-refractivity contribution in [2.45, 2.75) is 44.7 Å². The van der Waals surface area contributed by atoms with E-state index in [-0.39, 0.29) is 17.8 Å². The maximum Gasteiger partial charge on any atom is 0.220 e. The van der Waals surface area contributed by atoms with E-state index in [1.54, 1.807) is 6.92 Å². The SMILES string of the molecule is CC(NCCCC(=O)NC1CC1)C(N)=NO. The predicted molar refractivity (Wildman–Crippen MR) is 61.3 cm³/mol. The van der Waals surface area contributed by atoms with Crippen molar-refractivity contribution in [1.82, 2.24) is 10.6 Å². The predicted octanol–water partition coefficient (Wildman–Crippen LogP) is -0.230. The molecule has 6 nitrogen and oxygen atoms in total. The number of nitrogens with two attached hydrogens (primary N) is 1. The molecule has 1 atom stereocenters. The van der Waals surface area contributed by atoms with E-state index in [1.807, 2.05) is 0 Å². The first kappa shape index (κ1) is 12.8. The van der Waals surface area contributed by atoms with Crippen LogP contribution in [0.3, 0.4) is 0 Å². The van der Waals surface area contributed by atoms with Gasteiger partial charge in [-0.2, -0.15) is 0 Å². The van der Waals surface area contributed by atoms with Crippen LogP contribution < -0.4 is 16.4 Å². The number of amidine groups is 1. The molecule has 92 valence electrons. The van der Waals surface area contributed by atoms with Gasteiger partial charge in [-0.05, 0) is 32.7 Å². The third kappa shape index (κ3) is 4.97. The molecular formula is C10H20N4O2. The highest BCUT2D eigenvalue weighted by Crippen LogP contribution is 2.18. The summed E-state index contributed by atoms with van der Waals surface area (Å²) >= 11 is 0. The third-order valence-corrected chi connectivity index (χ3v) is 2.53. The molecule has 0 bridgehead atoms. The molecule has 16 heavy (non-hydrogen) atoms. The second-order valence-electron chi connectivity index (χ2n) is 4.15. The molecule has 1 fully saturated rings. The quantitative estimate of drug-likeness (QED) is 0.159. The summed E-state index contributed by atoms with van der Waals surface area (Å²) in [6.45, 7) is 2.48. The van der Waals surface area contributed by atoms with Gasteiger partial charge in [0.25, 0.3) is 0 Å². The van der Waals surface area contributed by atoms with Gasteiger partial charge in [-0.25, -0.2) is 0 Å². The Kier molecular flexibility index (Phi) is 5.04. The van der Waals surface area contributed by atoms with Crippen LogP contribution in [0.25, 0.3) is 0 Å². The molecule has 1 amide bonds. The monoisotopic (exact) mass is 228 g/mol. The molecule has 0 aromatic rings. The minimum atomic E-state index is -0.170. The molecule has 6 heteroatoms. The first-order valence-corrected chi connectivity index (χ1v) is 5.63. The Morgan fingerprint density at radius 3 is 2.88 bits per heavy atom. The van der Waals surface area contributed by atoms with Crippen LogP contribution in [-0.2, 0) is 4.79 Å². The van der Waals surface area contributed by atoms with Crippen molar-refractivity contribution < 1.29 is 10.0 Å².